The SMILES string of the molecule is CC(C)C[C@@H](C=O)N(C)C(=O)C(C)O. The fraction of sp³-hybridized carbons (Fsp3) is 0.800. The average Bonchev–Trinajstić information content (AvgIpc) is 2.11. The summed E-state index contributed by atoms with van der Waals surface area (Å²) in [6.45, 7) is 5.37. The van der Waals surface area contributed by atoms with Gasteiger partial charge in [0.15, 0.2) is 0 Å². The van der Waals surface area contributed by atoms with Crippen molar-refractivity contribution in [2.24, 2.45) is 5.92 Å². The Morgan fingerprint density at radius 2 is 1.93 bits per heavy atom. The molecule has 0 saturated heterocycles. The predicted molar refractivity (Wildman–Crippen MR) is 53.8 cm³/mol. The van der Waals surface area contributed by atoms with Crippen molar-refractivity contribution in [1.29, 1.82) is 0 Å². The van der Waals surface area contributed by atoms with Gasteiger partial charge in [0.2, 0.25) is 0 Å². The Morgan fingerprint density at radius 3 is 2.21 bits per heavy atom. The number of amides is 1. The molecular weight excluding hydrogens is 182 g/mol. The molecule has 0 aromatic heterocycles. The number of likely N-dealkylation sites (N-methyl/N-ethyl adjacent to an activating group) is 1. The summed E-state index contributed by atoms with van der Waals surface area (Å²) in [4.78, 5) is 23.4. The number of hydrogen-bond acceptors (Lipinski definition) is 3. The topological polar surface area (TPSA) is 57.6 Å². The molecule has 0 heterocycles. The first-order valence-corrected chi connectivity index (χ1v) is 4.80. The van der Waals surface area contributed by atoms with Gasteiger partial charge in [0, 0.05) is 7.05 Å². The van der Waals surface area contributed by atoms with Gasteiger partial charge in [-0.2, -0.15) is 0 Å². The first-order chi connectivity index (χ1) is 6.40. The van der Waals surface area contributed by atoms with Gasteiger partial charge in [0.1, 0.15) is 12.4 Å². The zero-order valence-corrected chi connectivity index (χ0v) is 9.23. The summed E-state index contributed by atoms with van der Waals surface area (Å²) >= 11 is 0. The van der Waals surface area contributed by atoms with Crippen molar-refractivity contribution in [3.05, 3.63) is 0 Å². The summed E-state index contributed by atoms with van der Waals surface area (Å²) < 4.78 is 0. The molecule has 0 aliphatic rings. The number of aliphatic hydroxyl groups excluding tert-OH is 1. The largest absolute Gasteiger partial charge is 0.384 e. The van der Waals surface area contributed by atoms with Crippen LogP contribution in [0.4, 0.5) is 0 Å². The minimum absolute atomic E-state index is 0.342. The maximum Gasteiger partial charge on any atom is 0.251 e. The molecule has 0 radical (unpaired) electrons. The van der Waals surface area contributed by atoms with Crippen LogP contribution in [0.5, 0.6) is 0 Å². The fourth-order valence-electron chi connectivity index (χ4n) is 1.25. The van der Waals surface area contributed by atoms with Crippen LogP contribution < -0.4 is 0 Å². The molecule has 0 aliphatic carbocycles. The van der Waals surface area contributed by atoms with Gasteiger partial charge in [-0.05, 0) is 19.3 Å². The Bertz CT molecular complexity index is 202. The van der Waals surface area contributed by atoms with Gasteiger partial charge in [-0.15, -0.1) is 0 Å². The number of carbonyl (C=O) groups is 2. The third-order valence-corrected chi connectivity index (χ3v) is 2.07. The molecule has 0 bridgehead atoms. The Kier molecular flexibility index (Phi) is 5.38. The lowest BCUT2D eigenvalue weighted by atomic mass is 10.0. The van der Waals surface area contributed by atoms with Crippen LogP contribution in [0.2, 0.25) is 0 Å². The molecule has 0 aromatic carbocycles. The third kappa shape index (κ3) is 3.87. The lowest BCUT2D eigenvalue weighted by molar-refractivity contribution is -0.142. The van der Waals surface area contributed by atoms with Crippen molar-refractivity contribution in [3.63, 3.8) is 0 Å². The highest BCUT2D eigenvalue weighted by Gasteiger charge is 2.22. The number of carbonyl (C=O) groups excluding carboxylic acids is 2. The van der Waals surface area contributed by atoms with Gasteiger partial charge in [0.05, 0.1) is 6.04 Å². The van der Waals surface area contributed by atoms with E-state index in [1.54, 1.807) is 0 Å². The van der Waals surface area contributed by atoms with Crippen molar-refractivity contribution in [2.75, 3.05) is 7.05 Å². The Hall–Kier alpha value is -0.900. The zero-order chi connectivity index (χ0) is 11.3. The maximum atomic E-state index is 11.3. The van der Waals surface area contributed by atoms with Crippen molar-refractivity contribution < 1.29 is 14.7 Å². The summed E-state index contributed by atoms with van der Waals surface area (Å²) in [7, 11) is 1.54. The van der Waals surface area contributed by atoms with E-state index in [-0.39, 0.29) is 0 Å². The van der Waals surface area contributed by atoms with Crippen molar-refractivity contribution >= 4 is 12.2 Å². The monoisotopic (exact) mass is 201 g/mol. The quantitative estimate of drug-likeness (QED) is 0.657. The van der Waals surface area contributed by atoms with E-state index < -0.39 is 18.1 Å². The minimum atomic E-state index is -1.05. The summed E-state index contributed by atoms with van der Waals surface area (Å²) in [6, 6.07) is -0.433. The van der Waals surface area contributed by atoms with Crippen LogP contribution in [0, 0.1) is 5.92 Å². The summed E-state index contributed by atoms with van der Waals surface area (Å²) in [5.74, 6) is -0.0720. The second kappa shape index (κ2) is 5.75. The lowest BCUT2D eigenvalue weighted by Crippen LogP contribution is -2.43. The molecule has 2 atom stereocenters. The second-order valence-electron chi connectivity index (χ2n) is 3.96. The van der Waals surface area contributed by atoms with Crippen LogP contribution in [-0.4, -0.2) is 41.4 Å². The van der Waals surface area contributed by atoms with Crippen LogP contribution in [0.15, 0.2) is 0 Å². The van der Waals surface area contributed by atoms with Gasteiger partial charge in [-0.25, -0.2) is 0 Å². The molecule has 0 aliphatic heterocycles. The van der Waals surface area contributed by atoms with Crippen molar-refractivity contribution in [3.8, 4) is 0 Å². The smallest absolute Gasteiger partial charge is 0.251 e. The zero-order valence-electron chi connectivity index (χ0n) is 9.23. The normalized spacial score (nSPS) is 15.0. The molecule has 0 spiro atoms. The molecular formula is C10H19NO3. The average molecular weight is 201 g/mol. The van der Waals surface area contributed by atoms with Crippen molar-refractivity contribution in [1.82, 2.24) is 4.90 Å². The molecule has 1 amide bonds. The Balaban J connectivity index is 4.37. The van der Waals surface area contributed by atoms with E-state index in [0.29, 0.717) is 12.3 Å². The molecule has 4 heteroatoms. The first-order valence-electron chi connectivity index (χ1n) is 4.80. The van der Waals surface area contributed by atoms with E-state index in [9.17, 15) is 9.59 Å². The van der Waals surface area contributed by atoms with E-state index in [1.165, 1.54) is 18.9 Å². The van der Waals surface area contributed by atoms with Gasteiger partial charge < -0.3 is 14.8 Å². The molecule has 0 rings (SSSR count). The van der Waals surface area contributed by atoms with Gasteiger partial charge in [0.25, 0.3) is 5.91 Å². The van der Waals surface area contributed by atoms with E-state index in [1.807, 2.05) is 13.8 Å². The number of rotatable bonds is 5. The molecule has 82 valence electrons. The van der Waals surface area contributed by atoms with Gasteiger partial charge >= 0.3 is 0 Å². The highest BCUT2D eigenvalue weighted by molar-refractivity contribution is 5.82. The van der Waals surface area contributed by atoms with Crippen LogP contribution in [0.25, 0.3) is 0 Å². The minimum Gasteiger partial charge on any atom is -0.384 e. The van der Waals surface area contributed by atoms with E-state index in [0.717, 1.165) is 6.29 Å². The number of hydrogen-bond donors (Lipinski definition) is 1. The molecule has 4 nitrogen and oxygen atoms in total. The first kappa shape index (κ1) is 13.1. The van der Waals surface area contributed by atoms with Crippen molar-refractivity contribution in [2.45, 2.75) is 39.3 Å². The summed E-state index contributed by atoms with van der Waals surface area (Å²) in [6.07, 6.45) is 0.327. The number of aliphatic hydroxyl groups is 1. The lowest BCUT2D eigenvalue weighted by Gasteiger charge is -2.26. The maximum absolute atomic E-state index is 11.3. The molecule has 14 heavy (non-hydrogen) atoms. The predicted octanol–water partition coefficient (Wildman–Crippen LogP) is 0.439. The standard InChI is InChI=1S/C10H19NO3/c1-7(2)5-9(6-12)11(4)10(14)8(3)13/h6-9,13H,5H2,1-4H3/t8?,9-/m0/s1. The Morgan fingerprint density at radius 1 is 1.43 bits per heavy atom. The van der Waals surface area contributed by atoms with Crippen LogP contribution in [0.3, 0.4) is 0 Å². The molecule has 0 aromatic rings. The van der Waals surface area contributed by atoms with Gasteiger partial charge in [-0.3, -0.25) is 4.79 Å². The second-order valence-corrected chi connectivity index (χ2v) is 3.96. The summed E-state index contributed by atoms with van der Waals surface area (Å²) in [5.41, 5.74) is 0. The van der Waals surface area contributed by atoms with Crippen LogP contribution in [0.1, 0.15) is 27.2 Å². The molecule has 1 N–H and O–H groups in total. The van der Waals surface area contributed by atoms with Crippen LogP contribution >= 0.6 is 0 Å². The number of nitrogens with zero attached hydrogens (tertiary/aromatic N) is 1. The Labute approximate surface area is 84.9 Å². The van der Waals surface area contributed by atoms with E-state index in [2.05, 4.69) is 0 Å². The van der Waals surface area contributed by atoms with E-state index >= 15 is 0 Å². The van der Waals surface area contributed by atoms with Crippen LogP contribution in [-0.2, 0) is 9.59 Å². The fourth-order valence-corrected chi connectivity index (χ4v) is 1.25. The third-order valence-electron chi connectivity index (χ3n) is 2.07. The number of aldehydes is 1. The highest BCUT2D eigenvalue weighted by atomic mass is 16.3. The van der Waals surface area contributed by atoms with Gasteiger partial charge in [-0.1, -0.05) is 13.8 Å². The van der Waals surface area contributed by atoms with E-state index in [4.69, 9.17) is 5.11 Å². The summed E-state index contributed by atoms with van der Waals surface area (Å²) in [5, 5.41) is 9.06. The molecule has 0 saturated carbocycles. The molecule has 1 unspecified atom stereocenters. The highest BCUT2D eigenvalue weighted by Crippen LogP contribution is 2.09. The molecule has 0 fully saturated rings.